The van der Waals surface area contributed by atoms with Gasteiger partial charge in [-0.1, -0.05) is 23.7 Å². The lowest BCUT2D eigenvalue weighted by atomic mass is 10.1. The SMILES string of the molecule is Cc1c(-c2ccc(Cl)cc2)nn2c1NC(=O)C[C@@H]2C(=O)Nc1ccc2c(c1)OCO2. The summed E-state index contributed by atoms with van der Waals surface area (Å²) in [7, 11) is 0. The summed E-state index contributed by atoms with van der Waals surface area (Å²) < 4.78 is 12.2. The van der Waals surface area contributed by atoms with Gasteiger partial charge in [-0.05, 0) is 31.2 Å². The Labute approximate surface area is 176 Å². The average molecular weight is 425 g/mol. The molecule has 152 valence electrons. The lowest BCUT2D eigenvalue weighted by Crippen LogP contribution is -2.35. The predicted octanol–water partition coefficient (Wildman–Crippen LogP) is 3.76. The molecule has 2 aliphatic rings. The minimum atomic E-state index is -0.779. The van der Waals surface area contributed by atoms with Crippen LogP contribution in [0.5, 0.6) is 11.5 Å². The zero-order valence-electron chi connectivity index (χ0n) is 15.9. The minimum Gasteiger partial charge on any atom is -0.454 e. The summed E-state index contributed by atoms with van der Waals surface area (Å²) in [6.07, 6.45) is -0.00936. The smallest absolute Gasteiger partial charge is 0.249 e. The molecule has 2 amide bonds. The molecule has 8 nitrogen and oxygen atoms in total. The number of anilines is 2. The van der Waals surface area contributed by atoms with E-state index in [1.807, 2.05) is 19.1 Å². The van der Waals surface area contributed by atoms with E-state index in [0.29, 0.717) is 33.7 Å². The maximum absolute atomic E-state index is 13.0. The second-order valence-electron chi connectivity index (χ2n) is 7.10. The number of aromatic nitrogens is 2. The molecule has 0 spiro atoms. The van der Waals surface area contributed by atoms with Crippen molar-refractivity contribution in [2.24, 2.45) is 0 Å². The first-order chi connectivity index (χ1) is 14.5. The zero-order chi connectivity index (χ0) is 20.8. The molecule has 0 unspecified atom stereocenters. The van der Waals surface area contributed by atoms with Crippen LogP contribution in [0.3, 0.4) is 0 Å². The first kappa shape index (κ1) is 18.5. The van der Waals surface area contributed by atoms with Gasteiger partial charge in [-0.2, -0.15) is 5.10 Å². The van der Waals surface area contributed by atoms with Crippen LogP contribution in [0.4, 0.5) is 11.5 Å². The van der Waals surface area contributed by atoms with Crippen molar-refractivity contribution in [3.63, 3.8) is 0 Å². The summed E-state index contributed by atoms with van der Waals surface area (Å²) in [6.45, 7) is 2.01. The van der Waals surface area contributed by atoms with E-state index in [9.17, 15) is 9.59 Å². The summed E-state index contributed by atoms with van der Waals surface area (Å²) in [5, 5.41) is 10.9. The molecule has 2 aromatic carbocycles. The molecule has 3 aromatic rings. The Morgan fingerprint density at radius 2 is 1.97 bits per heavy atom. The monoisotopic (exact) mass is 424 g/mol. The number of rotatable bonds is 3. The molecule has 2 N–H and O–H groups in total. The lowest BCUT2D eigenvalue weighted by Gasteiger charge is -2.24. The fourth-order valence-corrected chi connectivity index (χ4v) is 3.75. The molecular weight excluding hydrogens is 408 g/mol. The molecule has 1 aromatic heterocycles. The van der Waals surface area contributed by atoms with Crippen LogP contribution in [0, 0.1) is 6.92 Å². The number of nitrogens with one attached hydrogen (secondary N) is 2. The Kier molecular flexibility index (Phi) is 4.36. The highest BCUT2D eigenvalue weighted by atomic mass is 35.5. The summed E-state index contributed by atoms with van der Waals surface area (Å²) in [5.74, 6) is 1.13. The van der Waals surface area contributed by atoms with E-state index in [0.717, 1.165) is 11.1 Å². The Hall–Kier alpha value is -3.52. The van der Waals surface area contributed by atoms with Crippen LogP contribution in [0.2, 0.25) is 5.02 Å². The van der Waals surface area contributed by atoms with Gasteiger partial charge in [0.1, 0.15) is 11.9 Å². The normalized spacial score (nSPS) is 16.7. The van der Waals surface area contributed by atoms with Crippen molar-refractivity contribution in [1.29, 1.82) is 0 Å². The Morgan fingerprint density at radius 1 is 1.20 bits per heavy atom. The average Bonchev–Trinajstić information content (AvgIpc) is 3.32. The molecule has 5 rings (SSSR count). The molecule has 30 heavy (non-hydrogen) atoms. The number of hydrogen-bond donors (Lipinski definition) is 2. The van der Waals surface area contributed by atoms with Gasteiger partial charge in [0.15, 0.2) is 11.5 Å². The fourth-order valence-electron chi connectivity index (χ4n) is 3.62. The van der Waals surface area contributed by atoms with Crippen molar-refractivity contribution in [3.8, 4) is 22.8 Å². The van der Waals surface area contributed by atoms with Gasteiger partial charge in [0.05, 0.1) is 12.1 Å². The summed E-state index contributed by atoms with van der Waals surface area (Å²) >= 11 is 5.98. The van der Waals surface area contributed by atoms with E-state index in [2.05, 4.69) is 15.7 Å². The maximum atomic E-state index is 13.0. The van der Waals surface area contributed by atoms with Gasteiger partial charge in [0.2, 0.25) is 18.6 Å². The van der Waals surface area contributed by atoms with E-state index in [-0.39, 0.29) is 25.0 Å². The second kappa shape index (κ2) is 7.07. The molecule has 0 aliphatic carbocycles. The number of fused-ring (bicyclic) bond motifs is 2. The maximum Gasteiger partial charge on any atom is 0.249 e. The fraction of sp³-hybridized carbons (Fsp3) is 0.190. The number of amides is 2. The highest BCUT2D eigenvalue weighted by molar-refractivity contribution is 6.30. The number of ether oxygens (including phenoxy) is 2. The van der Waals surface area contributed by atoms with Crippen molar-refractivity contribution < 1.29 is 19.1 Å². The Bertz CT molecular complexity index is 1170. The number of halogens is 1. The van der Waals surface area contributed by atoms with Crippen LogP contribution in [0.1, 0.15) is 18.0 Å². The molecule has 3 heterocycles. The zero-order valence-corrected chi connectivity index (χ0v) is 16.7. The number of benzene rings is 2. The van der Waals surface area contributed by atoms with E-state index in [4.69, 9.17) is 21.1 Å². The molecule has 0 fully saturated rings. The van der Waals surface area contributed by atoms with Gasteiger partial charge in [-0.3, -0.25) is 9.59 Å². The third kappa shape index (κ3) is 3.15. The van der Waals surface area contributed by atoms with Crippen molar-refractivity contribution in [2.75, 3.05) is 17.4 Å². The van der Waals surface area contributed by atoms with Gasteiger partial charge in [0.25, 0.3) is 0 Å². The summed E-state index contributed by atoms with van der Waals surface area (Å²) in [5.41, 5.74) is 2.87. The van der Waals surface area contributed by atoms with Gasteiger partial charge in [0, 0.05) is 27.9 Å². The topological polar surface area (TPSA) is 94.5 Å². The predicted molar refractivity (Wildman–Crippen MR) is 111 cm³/mol. The Morgan fingerprint density at radius 3 is 2.77 bits per heavy atom. The first-order valence-corrected chi connectivity index (χ1v) is 9.73. The Balaban J connectivity index is 1.47. The van der Waals surface area contributed by atoms with Crippen molar-refractivity contribution >= 4 is 34.9 Å². The van der Waals surface area contributed by atoms with Crippen LogP contribution in [-0.4, -0.2) is 28.4 Å². The second-order valence-corrected chi connectivity index (χ2v) is 7.54. The van der Waals surface area contributed by atoms with Crippen LogP contribution in [-0.2, 0) is 9.59 Å². The van der Waals surface area contributed by atoms with Crippen molar-refractivity contribution in [1.82, 2.24) is 9.78 Å². The molecular formula is C21H17ClN4O4. The molecule has 0 saturated heterocycles. The van der Waals surface area contributed by atoms with E-state index in [1.165, 1.54) is 0 Å². The number of carbonyl (C=O) groups is 2. The quantitative estimate of drug-likeness (QED) is 0.667. The molecule has 0 radical (unpaired) electrons. The van der Waals surface area contributed by atoms with Crippen LogP contribution in [0.15, 0.2) is 42.5 Å². The highest BCUT2D eigenvalue weighted by Gasteiger charge is 2.34. The van der Waals surface area contributed by atoms with E-state index < -0.39 is 6.04 Å². The molecule has 9 heteroatoms. The molecule has 0 bridgehead atoms. The first-order valence-electron chi connectivity index (χ1n) is 9.35. The largest absolute Gasteiger partial charge is 0.454 e. The van der Waals surface area contributed by atoms with Gasteiger partial charge in [-0.25, -0.2) is 4.68 Å². The van der Waals surface area contributed by atoms with Crippen LogP contribution >= 0.6 is 11.6 Å². The standard InChI is InChI=1S/C21H17ClN4O4/c1-11-19(12-2-4-13(22)5-3-12)25-26-15(9-18(27)24-20(11)26)21(28)23-14-6-7-16-17(8-14)30-10-29-16/h2-8,15H,9-10H2,1H3,(H,23,28)(H,24,27)/t15-/m1/s1. The summed E-state index contributed by atoms with van der Waals surface area (Å²) in [6, 6.07) is 11.6. The van der Waals surface area contributed by atoms with E-state index in [1.54, 1.807) is 35.0 Å². The minimum absolute atomic E-state index is 0.00936. The van der Waals surface area contributed by atoms with E-state index >= 15 is 0 Å². The number of hydrogen-bond acceptors (Lipinski definition) is 5. The molecule has 1 atom stereocenters. The highest BCUT2D eigenvalue weighted by Crippen LogP contribution is 2.36. The van der Waals surface area contributed by atoms with Crippen LogP contribution < -0.4 is 20.1 Å². The lowest BCUT2D eigenvalue weighted by molar-refractivity contribution is -0.125. The van der Waals surface area contributed by atoms with Gasteiger partial charge >= 0.3 is 0 Å². The third-order valence-corrected chi connectivity index (χ3v) is 5.39. The van der Waals surface area contributed by atoms with Crippen LogP contribution in [0.25, 0.3) is 11.3 Å². The van der Waals surface area contributed by atoms with Crippen molar-refractivity contribution in [2.45, 2.75) is 19.4 Å². The molecule has 0 saturated carbocycles. The molecule has 2 aliphatic heterocycles. The van der Waals surface area contributed by atoms with Gasteiger partial charge < -0.3 is 20.1 Å². The van der Waals surface area contributed by atoms with Crippen molar-refractivity contribution in [3.05, 3.63) is 53.1 Å². The summed E-state index contributed by atoms with van der Waals surface area (Å²) in [4.78, 5) is 25.3. The van der Waals surface area contributed by atoms with Gasteiger partial charge in [-0.15, -0.1) is 0 Å². The number of nitrogens with zero attached hydrogens (tertiary/aromatic N) is 2. The third-order valence-electron chi connectivity index (χ3n) is 5.14. The number of carbonyl (C=O) groups excluding carboxylic acids is 2.